The fourth-order valence-electron chi connectivity index (χ4n) is 1.38. The molecule has 0 saturated carbocycles. The molecule has 0 aliphatic rings. The fourth-order valence-corrected chi connectivity index (χ4v) is 1.78. The number of hydrogen-bond donors (Lipinski definition) is 0. The Morgan fingerprint density at radius 3 is 2.73 bits per heavy atom. The molecule has 1 nitrogen and oxygen atoms in total. The maximum atomic E-state index is 13.5. The minimum Gasteiger partial charge on any atom is -0.250 e. The van der Waals surface area contributed by atoms with Crippen LogP contribution in [0, 0.1) is 12.7 Å². The first-order valence-corrected chi connectivity index (χ1v) is 5.35. The summed E-state index contributed by atoms with van der Waals surface area (Å²) in [5.41, 5.74) is 1.99. The van der Waals surface area contributed by atoms with Crippen molar-refractivity contribution in [2.75, 3.05) is 0 Å². The summed E-state index contributed by atoms with van der Waals surface area (Å²) in [6.45, 7) is 1.85. The summed E-state index contributed by atoms with van der Waals surface area (Å²) < 4.78 is 14.4. The van der Waals surface area contributed by atoms with Crippen LogP contribution in [-0.4, -0.2) is 4.98 Å². The van der Waals surface area contributed by atoms with Crippen LogP contribution in [0.15, 0.2) is 40.9 Å². The fraction of sp³-hybridized carbons (Fsp3) is 0.0833. The van der Waals surface area contributed by atoms with Gasteiger partial charge in [0.05, 0.1) is 0 Å². The minimum absolute atomic E-state index is 0.293. The van der Waals surface area contributed by atoms with Crippen molar-refractivity contribution in [2.24, 2.45) is 0 Å². The molecular formula is C12H9BrFN. The van der Waals surface area contributed by atoms with Gasteiger partial charge in [0.1, 0.15) is 11.5 Å². The number of nitrogens with zero attached hydrogens (tertiary/aromatic N) is 1. The molecule has 0 spiro atoms. The van der Waals surface area contributed by atoms with Gasteiger partial charge in [0.15, 0.2) is 0 Å². The average Bonchev–Trinajstić information content (AvgIpc) is 2.22. The zero-order valence-corrected chi connectivity index (χ0v) is 9.75. The highest BCUT2D eigenvalue weighted by Crippen LogP contribution is 2.23. The highest BCUT2D eigenvalue weighted by atomic mass is 79.9. The van der Waals surface area contributed by atoms with Crippen LogP contribution in [0.5, 0.6) is 0 Å². The molecule has 0 saturated heterocycles. The smallest absolute Gasteiger partial charge is 0.149 e. The van der Waals surface area contributed by atoms with Crippen LogP contribution in [0.25, 0.3) is 11.3 Å². The van der Waals surface area contributed by atoms with E-state index in [4.69, 9.17) is 0 Å². The zero-order valence-electron chi connectivity index (χ0n) is 8.17. The average molecular weight is 266 g/mol. The maximum absolute atomic E-state index is 13.5. The van der Waals surface area contributed by atoms with Gasteiger partial charge < -0.3 is 0 Å². The maximum Gasteiger partial charge on any atom is 0.149 e. The molecule has 0 radical (unpaired) electrons. The third kappa shape index (κ3) is 2.23. The lowest BCUT2D eigenvalue weighted by Gasteiger charge is -2.04. The minimum atomic E-state index is -0.293. The summed E-state index contributed by atoms with van der Waals surface area (Å²) in [5.74, 6) is -0.293. The number of benzene rings is 1. The van der Waals surface area contributed by atoms with Crippen LogP contribution in [0.3, 0.4) is 0 Å². The van der Waals surface area contributed by atoms with Crippen molar-refractivity contribution in [1.82, 2.24) is 4.98 Å². The Labute approximate surface area is 96.1 Å². The number of hydrogen-bond acceptors (Lipinski definition) is 1. The third-order valence-corrected chi connectivity index (χ3v) is 2.58. The number of aromatic nitrogens is 1. The summed E-state index contributed by atoms with van der Waals surface area (Å²) >= 11 is 3.35. The van der Waals surface area contributed by atoms with Gasteiger partial charge in [-0.1, -0.05) is 28.1 Å². The lowest BCUT2D eigenvalue weighted by Crippen LogP contribution is -1.91. The molecule has 0 amide bonds. The van der Waals surface area contributed by atoms with Crippen molar-refractivity contribution in [2.45, 2.75) is 6.92 Å². The molecule has 0 unspecified atom stereocenters. The van der Waals surface area contributed by atoms with E-state index in [-0.39, 0.29) is 5.82 Å². The van der Waals surface area contributed by atoms with Crippen molar-refractivity contribution < 1.29 is 4.39 Å². The Morgan fingerprint density at radius 1 is 1.20 bits per heavy atom. The van der Waals surface area contributed by atoms with Crippen LogP contribution in [-0.2, 0) is 0 Å². The van der Waals surface area contributed by atoms with Crippen molar-refractivity contribution in [3.8, 4) is 11.3 Å². The molecule has 2 aromatic rings. The molecule has 1 aromatic heterocycles. The van der Waals surface area contributed by atoms with E-state index in [1.165, 1.54) is 6.07 Å². The van der Waals surface area contributed by atoms with Gasteiger partial charge in [-0.25, -0.2) is 4.39 Å². The van der Waals surface area contributed by atoms with E-state index >= 15 is 0 Å². The predicted molar refractivity (Wildman–Crippen MR) is 62.1 cm³/mol. The third-order valence-electron chi connectivity index (χ3n) is 2.08. The lowest BCUT2D eigenvalue weighted by molar-refractivity contribution is 0.624. The van der Waals surface area contributed by atoms with Crippen LogP contribution < -0.4 is 0 Å². The second kappa shape index (κ2) is 4.11. The van der Waals surface area contributed by atoms with E-state index < -0.39 is 0 Å². The first-order valence-electron chi connectivity index (χ1n) is 4.56. The number of rotatable bonds is 1. The molecule has 0 aliphatic heterocycles. The van der Waals surface area contributed by atoms with Gasteiger partial charge in [-0.3, -0.25) is 4.98 Å². The predicted octanol–water partition coefficient (Wildman–Crippen LogP) is 3.96. The molecule has 1 heterocycles. The van der Waals surface area contributed by atoms with Gasteiger partial charge in [0.25, 0.3) is 0 Å². The highest BCUT2D eigenvalue weighted by Gasteiger charge is 2.06. The second-order valence-corrected chi connectivity index (χ2v) is 4.21. The summed E-state index contributed by atoms with van der Waals surface area (Å²) in [5, 5.41) is 0. The quantitative estimate of drug-likeness (QED) is 0.761. The summed E-state index contributed by atoms with van der Waals surface area (Å²) in [4.78, 5) is 4.19. The normalized spacial score (nSPS) is 10.3. The first kappa shape index (κ1) is 10.3. The van der Waals surface area contributed by atoms with Crippen molar-refractivity contribution in [3.63, 3.8) is 0 Å². The molecule has 0 atom stereocenters. The Morgan fingerprint density at radius 2 is 2.00 bits per heavy atom. The van der Waals surface area contributed by atoms with E-state index in [9.17, 15) is 4.39 Å². The molecule has 1 aromatic carbocycles. The van der Waals surface area contributed by atoms with Crippen LogP contribution >= 0.6 is 15.9 Å². The molecule has 0 aliphatic carbocycles. The summed E-state index contributed by atoms with van der Waals surface area (Å²) in [7, 11) is 0. The van der Waals surface area contributed by atoms with Gasteiger partial charge in [-0.2, -0.15) is 0 Å². The zero-order chi connectivity index (χ0) is 10.8. The Kier molecular flexibility index (Phi) is 2.82. The lowest BCUT2D eigenvalue weighted by atomic mass is 10.1. The Bertz CT molecular complexity index is 497. The van der Waals surface area contributed by atoms with Gasteiger partial charge >= 0.3 is 0 Å². The molecule has 76 valence electrons. The van der Waals surface area contributed by atoms with Gasteiger partial charge in [-0.05, 0) is 31.2 Å². The molecule has 0 bridgehead atoms. The van der Waals surface area contributed by atoms with E-state index in [0.717, 1.165) is 15.7 Å². The molecule has 15 heavy (non-hydrogen) atoms. The molecule has 0 N–H and O–H groups in total. The molecular weight excluding hydrogens is 257 g/mol. The second-order valence-electron chi connectivity index (χ2n) is 3.29. The van der Waals surface area contributed by atoms with E-state index in [2.05, 4.69) is 20.9 Å². The van der Waals surface area contributed by atoms with Gasteiger partial charge in [-0.15, -0.1) is 0 Å². The van der Waals surface area contributed by atoms with Crippen LogP contribution in [0.4, 0.5) is 4.39 Å². The van der Waals surface area contributed by atoms with Gasteiger partial charge in [0.2, 0.25) is 0 Å². The Hall–Kier alpha value is -1.22. The standard InChI is InChI=1S/C12H9BrFN/c1-8-5-6-11(14)12(15-8)9-3-2-4-10(13)7-9/h2-7H,1H3. The molecule has 3 heteroatoms. The molecule has 0 fully saturated rings. The summed E-state index contributed by atoms with van der Waals surface area (Å²) in [6, 6.07) is 10.6. The van der Waals surface area contributed by atoms with Crippen molar-refractivity contribution >= 4 is 15.9 Å². The molecule has 2 rings (SSSR count). The van der Waals surface area contributed by atoms with Crippen molar-refractivity contribution in [3.05, 3.63) is 52.4 Å². The summed E-state index contributed by atoms with van der Waals surface area (Å²) in [6.07, 6.45) is 0. The first-order chi connectivity index (χ1) is 7.16. The largest absolute Gasteiger partial charge is 0.250 e. The van der Waals surface area contributed by atoms with E-state index in [0.29, 0.717) is 5.69 Å². The number of aryl methyl sites for hydroxylation is 1. The van der Waals surface area contributed by atoms with Crippen molar-refractivity contribution in [1.29, 1.82) is 0 Å². The SMILES string of the molecule is Cc1ccc(F)c(-c2cccc(Br)c2)n1. The topological polar surface area (TPSA) is 12.9 Å². The number of halogens is 2. The van der Waals surface area contributed by atoms with Crippen LogP contribution in [0.2, 0.25) is 0 Å². The Balaban J connectivity index is 2.58. The monoisotopic (exact) mass is 265 g/mol. The highest BCUT2D eigenvalue weighted by molar-refractivity contribution is 9.10. The van der Waals surface area contributed by atoms with E-state index in [1.54, 1.807) is 6.07 Å². The van der Waals surface area contributed by atoms with E-state index in [1.807, 2.05) is 31.2 Å². The van der Waals surface area contributed by atoms with Gasteiger partial charge in [0, 0.05) is 15.7 Å². The van der Waals surface area contributed by atoms with Crippen LogP contribution in [0.1, 0.15) is 5.69 Å². The number of pyridine rings is 1.